The van der Waals surface area contributed by atoms with Crippen LogP contribution in [0.3, 0.4) is 0 Å². The van der Waals surface area contributed by atoms with Crippen molar-refractivity contribution in [3.05, 3.63) is 18.5 Å². The molecule has 0 spiro atoms. The van der Waals surface area contributed by atoms with Crippen molar-refractivity contribution in [2.24, 2.45) is 10.9 Å². The Balaban J connectivity index is 2.24. The SMILES string of the molecule is CCCNC(=NC)NCC(C)Cn1cccn1. The molecule has 0 radical (unpaired) electrons. The van der Waals surface area contributed by atoms with Crippen molar-refractivity contribution < 1.29 is 0 Å². The van der Waals surface area contributed by atoms with E-state index in [1.54, 1.807) is 7.05 Å². The lowest BCUT2D eigenvalue weighted by molar-refractivity contribution is 0.443. The molecule has 5 nitrogen and oxygen atoms in total. The fourth-order valence-corrected chi connectivity index (χ4v) is 1.53. The van der Waals surface area contributed by atoms with Gasteiger partial charge in [-0.2, -0.15) is 5.10 Å². The second kappa shape index (κ2) is 7.70. The highest BCUT2D eigenvalue weighted by Gasteiger charge is 2.04. The lowest BCUT2D eigenvalue weighted by Crippen LogP contribution is -2.40. The van der Waals surface area contributed by atoms with E-state index in [9.17, 15) is 0 Å². The van der Waals surface area contributed by atoms with Gasteiger partial charge in [-0.25, -0.2) is 0 Å². The van der Waals surface area contributed by atoms with Crippen molar-refractivity contribution in [2.45, 2.75) is 26.8 Å². The Morgan fingerprint density at radius 3 is 2.88 bits per heavy atom. The van der Waals surface area contributed by atoms with Crippen LogP contribution in [0.1, 0.15) is 20.3 Å². The van der Waals surface area contributed by atoms with Gasteiger partial charge in [-0.05, 0) is 18.4 Å². The van der Waals surface area contributed by atoms with E-state index in [0.717, 1.165) is 32.0 Å². The summed E-state index contributed by atoms with van der Waals surface area (Å²) in [5.41, 5.74) is 0. The highest BCUT2D eigenvalue weighted by Crippen LogP contribution is 1.97. The van der Waals surface area contributed by atoms with Gasteiger partial charge in [0.2, 0.25) is 0 Å². The maximum Gasteiger partial charge on any atom is 0.190 e. The van der Waals surface area contributed by atoms with E-state index < -0.39 is 0 Å². The normalized spacial score (nSPS) is 13.5. The Kier molecular flexibility index (Phi) is 6.14. The summed E-state index contributed by atoms with van der Waals surface area (Å²) >= 11 is 0. The maximum atomic E-state index is 4.20. The van der Waals surface area contributed by atoms with E-state index in [2.05, 4.69) is 34.6 Å². The summed E-state index contributed by atoms with van der Waals surface area (Å²) in [7, 11) is 1.79. The van der Waals surface area contributed by atoms with Gasteiger partial charge in [0.25, 0.3) is 0 Å². The lowest BCUT2D eigenvalue weighted by Gasteiger charge is -2.15. The van der Waals surface area contributed by atoms with E-state index in [-0.39, 0.29) is 0 Å². The van der Waals surface area contributed by atoms with Gasteiger partial charge in [-0.1, -0.05) is 13.8 Å². The van der Waals surface area contributed by atoms with Crippen LogP contribution in [0.25, 0.3) is 0 Å². The third kappa shape index (κ3) is 5.38. The van der Waals surface area contributed by atoms with Gasteiger partial charge >= 0.3 is 0 Å². The zero-order valence-corrected chi connectivity index (χ0v) is 11.0. The predicted octanol–water partition coefficient (Wildman–Crippen LogP) is 1.09. The first-order valence-electron chi connectivity index (χ1n) is 6.18. The van der Waals surface area contributed by atoms with Gasteiger partial charge in [0.15, 0.2) is 5.96 Å². The van der Waals surface area contributed by atoms with Gasteiger partial charge < -0.3 is 10.6 Å². The Morgan fingerprint density at radius 2 is 2.29 bits per heavy atom. The molecule has 1 heterocycles. The molecular formula is C12H23N5. The first-order valence-corrected chi connectivity index (χ1v) is 6.18. The monoisotopic (exact) mass is 237 g/mol. The van der Waals surface area contributed by atoms with Gasteiger partial charge in [0.05, 0.1) is 0 Å². The molecule has 0 amide bonds. The van der Waals surface area contributed by atoms with Crippen LogP contribution in [0.5, 0.6) is 0 Å². The summed E-state index contributed by atoms with van der Waals surface area (Å²) in [6.07, 6.45) is 4.89. The minimum atomic E-state index is 0.509. The van der Waals surface area contributed by atoms with Crippen LogP contribution in [-0.2, 0) is 6.54 Å². The number of hydrogen-bond donors (Lipinski definition) is 2. The van der Waals surface area contributed by atoms with Gasteiger partial charge in [-0.3, -0.25) is 9.67 Å². The van der Waals surface area contributed by atoms with Crippen molar-refractivity contribution in [1.82, 2.24) is 20.4 Å². The molecule has 1 unspecified atom stereocenters. The average molecular weight is 237 g/mol. The van der Waals surface area contributed by atoms with E-state index in [1.165, 1.54) is 0 Å². The molecular weight excluding hydrogens is 214 g/mol. The van der Waals surface area contributed by atoms with Crippen molar-refractivity contribution in [2.75, 3.05) is 20.1 Å². The molecule has 0 aliphatic rings. The summed E-state index contributed by atoms with van der Waals surface area (Å²) in [5, 5.41) is 10.8. The average Bonchev–Trinajstić information content (AvgIpc) is 2.82. The molecule has 0 bridgehead atoms. The molecule has 0 aromatic carbocycles. The molecule has 1 rings (SSSR count). The zero-order chi connectivity index (χ0) is 12.5. The van der Waals surface area contributed by atoms with Crippen molar-refractivity contribution in [3.8, 4) is 0 Å². The topological polar surface area (TPSA) is 54.2 Å². The molecule has 0 aliphatic heterocycles. The number of rotatable bonds is 6. The summed E-state index contributed by atoms with van der Waals surface area (Å²) < 4.78 is 1.95. The fraction of sp³-hybridized carbons (Fsp3) is 0.667. The first-order chi connectivity index (χ1) is 8.26. The molecule has 0 saturated carbocycles. The van der Waals surface area contributed by atoms with Crippen LogP contribution in [-0.4, -0.2) is 35.9 Å². The highest BCUT2D eigenvalue weighted by atomic mass is 15.3. The van der Waals surface area contributed by atoms with Crippen LogP contribution in [0.4, 0.5) is 0 Å². The number of aliphatic imine (C=N–C) groups is 1. The van der Waals surface area contributed by atoms with Crippen molar-refractivity contribution in [3.63, 3.8) is 0 Å². The molecule has 96 valence electrons. The Bertz CT molecular complexity index is 318. The summed E-state index contributed by atoms with van der Waals surface area (Å²) in [5.74, 6) is 1.38. The quantitative estimate of drug-likeness (QED) is 0.575. The number of nitrogens with zero attached hydrogens (tertiary/aromatic N) is 3. The number of aromatic nitrogens is 2. The fourth-order valence-electron chi connectivity index (χ4n) is 1.53. The van der Waals surface area contributed by atoms with Gasteiger partial charge in [0.1, 0.15) is 0 Å². The molecule has 5 heteroatoms. The van der Waals surface area contributed by atoms with Gasteiger partial charge in [0, 0.05) is 39.1 Å². The highest BCUT2D eigenvalue weighted by molar-refractivity contribution is 5.79. The van der Waals surface area contributed by atoms with Crippen molar-refractivity contribution in [1.29, 1.82) is 0 Å². The van der Waals surface area contributed by atoms with Crippen LogP contribution in [0, 0.1) is 5.92 Å². The van der Waals surface area contributed by atoms with Crippen molar-refractivity contribution >= 4 is 5.96 Å². The number of guanidine groups is 1. The summed E-state index contributed by atoms with van der Waals surface area (Å²) in [4.78, 5) is 4.17. The predicted molar refractivity (Wildman–Crippen MR) is 71.0 cm³/mol. The Morgan fingerprint density at radius 1 is 1.47 bits per heavy atom. The molecule has 17 heavy (non-hydrogen) atoms. The van der Waals surface area contributed by atoms with E-state index >= 15 is 0 Å². The standard InChI is InChI=1S/C12H23N5/c1-4-6-14-12(13-3)15-9-11(2)10-17-8-5-7-16-17/h5,7-8,11H,4,6,9-10H2,1-3H3,(H2,13,14,15). The minimum Gasteiger partial charge on any atom is -0.356 e. The molecule has 0 aliphatic carbocycles. The first kappa shape index (κ1) is 13.5. The molecule has 2 N–H and O–H groups in total. The molecule has 1 atom stereocenters. The van der Waals surface area contributed by atoms with Gasteiger partial charge in [-0.15, -0.1) is 0 Å². The Hall–Kier alpha value is -1.52. The van der Waals surface area contributed by atoms with E-state index in [0.29, 0.717) is 5.92 Å². The number of hydrogen-bond acceptors (Lipinski definition) is 2. The van der Waals surface area contributed by atoms with Crippen LogP contribution in [0.2, 0.25) is 0 Å². The third-order valence-electron chi connectivity index (χ3n) is 2.44. The molecule has 1 aromatic rings. The summed E-state index contributed by atoms with van der Waals surface area (Å²) in [6.45, 7) is 7.10. The maximum absolute atomic E-state index is 4.20. The largest absolute Gasteiger partial charge is 0.356 e. The second-order valence-corrected chi connectivity index (χ2v) is 4.21. The van der Waals surface area contributed by atoms with Crippen LogP contribution >= 0.6 is 0 Å². The molecule has 0 saturated heterocycles. The van der Waals surface area contributed by atoms with Crippen LogP contribution in [0.15, 0.2) is 23.5 Å². The lowest BCUT2D eigenvalue weighted by atomic mass is 10.2. The second-order valence-electron chi connectivity index (χ2n) is 4.21. The zero-order valence-electron chi connectivity index (χ0n) is 11.0. The summed E-state index contributed by atoms with van der Waals surface area (Å²) in [6, 6.07) is 1.95. The smallest absolute Gasteiger partial charge is 0.190 e. The molecule has 1 aromatic heterocycles. The molecule has 0 fully saturated rings. The van der Waals surface area contributed by atoms with E-state index in [1.807, 2.05) is 23.1 Å². The third-order valence-corrected chi connectivity index (χ3v) is 2.44. The number of nitrogens with one attached hydrogen (secondary N) is 2. The minimum absolute atomic E-state index is 0.509. The van der Waals surface area contributed by atoms with E-state index in [4.69, 9.17) is 0 Å². The Labute approximate surface area is 103 Å². The van der Waals surface area contributed by atoms with Crippen LogP contribution < -0.4 is 10.6 Å².